The van der Waals surface area contributed by atoms with Gasteiger partial charge in [0, 0.05) is 17.6 Å². The Balaban J connectivity index is 1.80. The van der Waals surface area contributed by atoms with Gasteiger partial charge in [-0.15, -0.1) is 0 Å². The molecule has 98 valence electrons. The molecule has 0 atom stereocenters. The number of pyridine rings is 1. The van der Waals surface area contributed by atoms with Gasteiger partial charge in [-0.3, -0.25) is 0 Å². The quantitative estimate of drug-likeness (QED) is 0.672. The van der Waals surface area contributed by atoms with Crippen LogP contribution in [-0.4, -0.2) is 4.98 Å². The Labute approximate surface area is 123 Å². The molecule has 2 aromatic carbocycles. The van der Waals surface area contributed by atoms with E-state index in [2.05, 4.69) is 46.7 Å². The molecule has 0 aliphatic rings. The smallest absolute Gasteiger partial charge is 0.131 e. The Kier molecular flexibility index (Phi) is 3.66. The Morgan fingerprint density at radius 2 is 1.45 bits per heavy atom. The number of anilines is 2. The van der Waals surface area contributed by atoms with Gasteiger partial charge in [0.25, 0.3) is 0 Å². The van der Waals surface area contributed by atoms with Crippen molar-refractivity contribution in [2.75, 3.05) is 5.32 Å². The van der Waals surface area contributed by atoms with Crippen molar-refractivity contribution in [2.24, 2.45) is 0 Å². The van der Waals surface area contributed by atoms with Crippen molar-refractivity contribution in [2.45, 2.75) is 0 Å². The Morgan fingerprint density at radius 1 is 0.750 bits per heavy atom. The molecule has 1 aromatic heterocycles. The lowest BCUT2D eigenvalue weighted by atomic mass is 10.1. The molecular formula is C17H13ClN2. The van der Waals surface area contributed by atoms with E-state index in [9.17, 15) is 0 Å². The molecule has 0 radical (unpaired) electrons. The van der Waals surface area contributed by atoms with Gasteiger partial charge in [-0.05, 0) is 35.4 Å². The maximum atomic E-state index is 5.87. The average Bonchev–Trinajstić information content (AvgIpc) is 2.49. The summed E-state index contributed by atoms with van der Waals surface area (Å²) in [7, 11) is 0. The molecule has 1 N–H and O–H groups in total. The summed E-state index contributed by atoms with van der Waals surface area (Å²) in [6.07, 6.45) is 1.68. The lowest BCUT2D eigenvalue weighted by Crippen LogP contribution is -1.90. The standard InChI is InChI=1S/C17H13ClN2/c18-17-12-16(10-11-19-17)20-15-8-6-14(7-9-15)13-4-2-1-3-5-13/h1-12H,(H,19,20). The second kappa shape index (κ2) is 5.76. The molecule has 3 rings (SSSR count). The number of nitrogens with one attached hydrogen (secondary N) is 1. The fourth-order valence-corrected chi connectivity index (χ4v) is 2.20. The van der Waals surface area contributed by atoms with Crippen molar-refractivity contribution in [1.82, 2.24) is 4.98 Å². The normalized spacial score (nSPS) is 10.2. The molecule has 3 heteroatoms. The highest BCUT2D eigenvalue weighted by Crippen LogP contribution is 2.23. The Bertz CT molecular complexity index is 694. The highest BCUT2D eigenvalue weighted by molar-refractivity contribution is 6.29. The minimum Gasteiger partial charge on any atom is -0.355 e. The number of rotatable bonds is 3. The monoisotopic (exact) mass is 280 g/mol. The second-order valence-corrected chi connectivity index (χ2v) is 4.82. The van der Waals surface area contributed by atoms with E-state index >= 15 is 0 Å². The van der Waals surface area contributed by atoms with Crippen LogP contribution in [0.3, 0.4) is 0 Å². The third-order valence-electron chi connectivity index (χ3n) is 3.01. The summed E-state index contributed by atoms with van der Waals surface area (Å²) in [6, 6.07) is 22.3. The lowest BCUT2D eigenvalue weighted by molar-refractivity contribution is 1.32. The first-order valence-electron chi connectivity index (χ1n) is 6.35. The average molecular weight is 281 g/mol. The van der Waals surface area contributed by atoms with Crippen LogP contribution >= 0.6 is 11.6 Å². The summed E-state index contributed by atoms with van der Waals surface area (Å²) in [5.41, 5.74) is 4.36. The van der Waals surface area contributed by atoms with Crippen molar-refractivity contribution in [1.29, 1.82) is 0 Å². The Hall–Kier alpha value is -2.32. The molecular weight excluding hydrogens is 268 g/mol. The van der Waals surface area contributed by atoms with Gasteiger partial charge in [-0.2, -0.15) is 0 Å². The van der Waals surface area contributed by atoms with E-state index in [1.54, 1.807) is 12.3 Å². The minimum absolute atomic E-state index is 0.482. The molecule has 0 fully saturated rings. The van der Waals surface area contributed by atoms with Gasteiger partial charge in [0.15, 0.2) is 0 Å². The van der Waals surface area contributed by atoms with Gasteiger partial charge in [-0.25, -0.2) is 4.98 Å². The SMILES string of the molecule is Clc1cc(Nc2ccc(-c3ccccc3)cc2)ccn1. The lowest BCUT2D eigenvalue weighted by Gasteiger charge is -2.08. The predicted octanol–water partition coefficient (Wildman–Crippen LogP) is 5.15. The summed E-state index contributed by atoms with van der Waals surface area (Å²) >= 11 is 5.87. The van der Waals surface area contributed by atoms with Crippen molar-refractivity contribution >= 4 is 23.0 Å². The number of nitrogens with zero attached hydrogens (tertiary/aromatic N) is 1. The zero-order valence-corrected chi connectivity index (χ0v) is 11.5. The van der Waals surface area contributed by atoms with Crippen LogP contribution in [0, 0.1) is 0 Å². The molecule has 1 heterocycles. The van der Waals surface area contributed by atoms with Gasteiger partial charge < -0.3 is 5.32 Å². The largest absolute Gasteiger partial charge is 0.355 e. The summed E-state index contributed by atoms with van der Waals surface area (Å²) in [5, 5.41) is 3.78. The van der Waals surface area contributed by atoms with E-state index in [0.29, 0.717) is 5.15 Å². The van der Waals surface area contributed by atoms with Crippen molar-refractivity contribution in [3.05, 3.63) is 78.1 Å². The van der Waals surface area contributed by atoms with Crippen LogP contribution < -0.4 is 5.32 Å². The van der Waals surface area contributed by atoms with Crippen LogP contribution in [0.5, 0.6) is 0 Å². The van der Waals surface area contributed by atoms with Crippen molar-refractivity contribution < 1.29 is 0 Å². The zero-order chi connectivity index (χ0) is 13.8. The molecule has 2 nitrogen and oxygen atoms in total. The predicted molar refractivity (Wildman–Crippen MR) is 84.4 cm³/mol. The minimum atomic E-state index is 0.482. The highest BCUT2D eigenvalue weighted by Gasteiger charge is 1.99. The number of hydrogen-bond acceptors (Lipinski definition) is 2. The maximum absolute atomic E-state index is 5.87. The van der Waals surface area contributed by atoms with Gasteiger partial charge in [0.2, 0.25) is 0 Å². The summed E-state index contributed by atoms with van der Waals surface area (Å²) in [4.78, 5) is 3.96. The molecule has 0 saturated heterocycles. The molecule has 0 aliphatic carbocycles. The van der Waals surface area contributed by atoms with Crippen LogP contribution in [0.1, 0.15) is 0 Å². The maximum Gasteiger partial charge on any atom is 0.131 e. The van der Waals surface area contributed by atoms with Crippen LogP contribution in [0.2, 0.25) is 5.15 Å². The molecule has 20 heavy (non-hydrogen) atoms. The second-order valence-electron chi connectivity index (χ2n) is 4.44. The van der Waals surface area contributed by atoms with Gasteiger partial charge in [0.05, 0.1) is 0 Å². The molecule has 0 aliphatic heterocycles. The van der Waals surface area contributed by atoms with Crippen LogP contribution in [0.4, 0.5) is 11.4 Å². The number of hydrogen-bond donors (Lipinski definition) is 1. The highest BCUT2D eigenvalue weighted by atomic mass is 35.5. The fraction of sp³-hybridized carbons (Fsp3) is 0. The van der Waals surface area contributed by atoms with E-state index in [0.717, 1.165) is 11.4 Å². The van der Waals surface area contributed by atoms with Crippen LogP contribution in [-0.2, 0) is 0 Å². The van der Waals surface area contributed by atoms with Crippen molar-refractivity contribution in [3.63, 3.8) is 0 Å². The van der Waals surface area contributed by atoms with Crippen LogP contribution in [0.15, 0.2) is 72.9 Å². The molecule has 3 aromatic rings. The van der Waals surface area contributed by atoms with E-state index in [1.165, 1.54) is 11.1 Å². The molecule has 0 saturated carbocycles. The third kappa shape index (κ3) is 2.98. The molecule has 0 spiro atoms. The van der Waals surface area contributed by atoms with E-state index in [1.807, 2.05) is 24.3 Å². The van der Waals surface area contributed by atoms with E-state index < -0.39 is 0 Å². The molecule has 0 unspecified atom stereocenters. The van der Waals surface area contributed by atoms with Gasteiger partial charge in [0.1, 0.15) is 5.15 Å². The van der Waals surface area contributed by atoms with Gasteiger partial charge >= 0.3 is 0 Å². The first-order valence-corrected chi connectivity index (χ1v) is 6.73. The number of benzene rings is 2. The fourth-order valence-electron chi connectivity index (χ4n) is 2.02. The van der Waals surface area contributed by atoms with E-state index in [4.69, 9.17) is 11.6 Å². The Morgan fingerprint density at radius 3 is 2.15 bits per heavy atom. The van der Waals surface area contributed by atoms with E-state index in [-0.39, 0.29) is 0 Å². The number of aromatic nitrogens is 1. The van der Waals surface area contributed by atoms with Gasteiger partial charge in [-0.1, -0.05) is 54.1 Å². The zero-order valence-electron chi connectivity index (χ0n) is 10.8. The van der Waals surface area contributed by atoms with Crippen molar-refractivity contribution in [3.8, 4) is 11.1 Å². The first kappa shape index (κ1) is 12.7. The van der Waals surface area contributed by atoms with Crippen LogP contribution in [0.25, 0.3) is 11.1 Å². The summed E-state index contributed by atoms with van der Waals surface area (Å²) in [6.45, 7) is 0. The summed E-state index contributed by atoms with van der Waals surface area (Å²) < 4.78 is 0. The third-order valence-corrected chi connectivity index (χ3v) is 3.21. The topological polar surface area (TPSA) is 24.9 Å². The first-order chi connectivity index (χ1) is 9.81. The summed E-state index contributed by atoms with van der Waals surface area (Å²) in [5.74, 6) is 0. The molecule has 0 bridgehead atoms. The number of halogens is 1. The molecule has 0 amide bonds.